The minimum absolute atomic E-state index is 0.570. The summed E-state index contributed by atoms with van der Waals surface area (Å²) < 4.78 is 3.29. The molecule has 0 aliphatic carbocycles. The fourth-order valence-electron chi connectivity index (χ4n) is 2.43. The summed E-state index contributed by atoms with van der Waals surface area (Å²) >= 11 is 0. The van der Waals surface area contributed by atoms with Crippen molar-refractivity contribution in [2.24, 2.45) is 0 Å². The van der Waals surface area contributed by atoms with Crippen LogP contribution in [0.5, 0.6) is 0 Å². The first-order valence-corrected chi connectivity index (χ1v) is 8.07. The van der Waals surface area contributed by atoms with E-state index < -0.39 is 0 Å². The first kappa shape index (κ1) is 15.7. The molecule has 0 aliphatic rings. The summed E-state index contributed by atoms with van der Waals surface area (Å²) in [5.74, 6) is 1.14. The molecule has 0 atom stereocenters. The Balaban J connectivity index is 1.36. The van der Waals surface area contributed by atoms with Crippen molar-refractivity contribution in [1.29, 1.82) is 0 Å². The molecule has 4 aromatic rings. The lowest BCUT2D eigenvalue weighted by molar-refractivity contribution is 0.787. The molecule has 10 heteroatoms. The van der Waals surface area contributed by atoms with Crippen molar-refractivity contribution in [1.82, 2.24) is 40.4 Å². The van der Waals surface area contributed by atoms with Crippen molar-refractivity contribution in [3.8, 4) is 11.4 Å². The third kappa shape index (κ3) is 3.34. The number of aromatic nitrogens is 8. The predicted molar refractivity (Wildman–Crippen MR) is 95.3 cm³/mol. The number of nitrogens with one attached hydrogen (secondary N) is 2. The molecule has 2 heterocycles. The summed E-state index contributed by atoms with van der Waals surface area (Å²) in [4.78, 5) is 0. The average molecular weight is 348 g/mol. The second-order valence-electron chi connectivity index (χ2n) is 5.35. The normalized spacial score (nSPS) is 10.6. The number of nitrogens with zero attached hydrogens (tertiary/aromatic N) is 8. The number of benzene rings is 2. The third-order valence-electron chi connectivity index (χ3n) is 3.63. The molecule has 0 bridgehead atoms. The largest absolute Gasteiger partial charge is 0.351 e. The number of rotatable bonds is 7. The maximum Gasteiger partial charge on any atom is 0.247 e. The lowest BCUT2D eigenvalue weighted by atomic mass is 10.3. The summed E-state index contributed by atoms with van der Waals surface area (Å²) in [5, 5.41) is 29.9. The second kappa shape index (κ2) is 7.38. The Morgan fingerprint density at radius 1 is 0.615 bits per heavy atom. The van der Waals surface area contributed by atoms with Gasteiger partial charge in [0.15, 0.2) is 0 Å². The van der Waals surface area contributed by atoms with Crippen molar-refractivity contribution >= 4 is 11.9 Å². The number of para-hydroxylation sites is 2. The van der Waals surface area contributed by atoms with E-state index in [9.17, 15) is 0 Å². The maximum absolute atomic E-state index is 4.01. The quantitative estimate of drug-likeness (QED) is 0.479. The molecule has 2 aromatic heterocycles. The van der Waals surface area contributed by atoms with Crippen molar-refractivity contribution in [3.63, 3.8) is 0 Å². The van der Waals surface area contributed by atoms with Crippen molar-refractivity contribution < 1.29 is 0 Å². The van der Waals surface area contributed by atoms with Gasteiger partial charge in [0.1, 0.15) is 0 Å². The van der Waals surface area contributed by atoms with Gasteiger partial charge in [0.2, 0.25) is 11.9 Å². The zero-order chi connectivity index (χ0) is 17.6. The van der Waals surface area contributed by atoms with Crippen LogP contribution in [0.2, 0.25) is 0 Å². The van der Waals surface area contributed by atoms with E-state index in [2.05, 4.69) is 41.7 Å². The van der Waals surface area contributed by atoms with Gasteiger partial charge in [-0.1, -0.05) is 46.6 Å². The highest BCUT2D eigenvalue weighted by atomic mass is 15.6. The molecule has 4 rings (SSSR count). The van der Waals surface area contributed by atoms with Crippen LogP contribution in [0.3, 0.4) is 0 Å². The van der Waals surface area contributed by atoms with Gasteiger partial charge in [-0.3, -0.25) is 0 Å². The van der Waals surface area contributed by atoms with E-state index in [4.69, 9.17) is 0 Å². The van der Waals surface area contributed by atoms with Crippen LogP contribution in [-0.4, -0.2) is 53.5 Å². The number of tetrazole rings is 2. The minimum Gasteiger partial charge on any atom is -0.351 e. The SMILES string of the molecule is c1ccc(-n2nnnc2NCCNc2nnnn2-c2ccccc2)cc1. The van der Waals surface area contributed by atoms with E-state index in [1.165, 1.54) is 0 Å². The molecule has 0 amide bonds. The highest BCUT2D eigenvalue weighted by molar-refractivity contribution is 5.40. The summed E-state index contributed by atoms with van der Waals surface area (Å²) in [7, 11) is 0. The third-order valence-corrected chi connectivity index (χ3v) is 3.63. The molecule has 2 aromatic carbocycles. The molecular formula is C16H16N10. The zero-order valence-electron chi connectivity index (χ0n) is 13.8. The molecule has 0 saturated carbocycles. The van der Waals surface area contributed by atoms with Crippen LogP contribution in [0, 0.1) is 0 Å². The molecule has 26 heavy (non-hydrogen) atoms. The van der Waals surface area contributed by atoms with Gasteiger partial charge in [-0.2, -0.15) is 9.36 Å². The second-order valence-corrected chi connectivity index (χ2v) is 5.35. The molecule has 0 spiro atoms. The molecule has 0 unspecified atom stereocenters. The van der Waals surface area contributed by atoms with Crippen molar-refractivity contribution in [2.75, 3.05) is 23.7 Å². The van der Waals surface area contributed by atoms with Crippen molar-refractivity contribution in [2.45, 2.75) is 0 Å². The summed E-state index contributed by atoms with van der Waals surface area (Å²) in [6.45, 7) is 1.18. The van der Waals surface area contributed by atoms with E-state index in [1.807, 2.05) is 60.7 Å². The highest BCUT2D eigenvalue weighted by Gasteiger charge is 2.09. The van der Waals surface area contributed by atoms with Gasteiger partial charge in [0.25, 0.3) is 0 Å². The average Bonchev–Trinajstić information content (AvgIpc) is 3.36. The Hall–Kier alpha value is -3.82. The molecule has 0 fully saturated rings. The number of hydrogen-bond donors (Lipinski definition) is 2. The van der Waals surface area contributed by atoms with Crippen molar-refractivity contribution in [3.05, 3.63) is 60.7 Å². The standard InChI is InChI=1S/C16H16N10/c1-3-7-13(8-4-1)25-15(19-21-23-25)17-11-12-18-16-20-22-24-26(16)14-9-5-2-6-10-14/h1-10H,11-12H2,(H,17,19,23)(H,18,20,24). The Kier molecular flexibility index (Phi) is 4.46. The van der Waals surface area contributed by atoms with E-state index in [-0.39, 0.29) is 0 Å². The fourth-order valence-corrected chi connectivity index (χ4v) is 2.43. The Morgan fingerprint density at radius 2 is 1.04 bits per heavy atom. The van der Waals surface area contributed by atoms with Crippen LogP contribution in [0.1, 0.15) is 0 Å². The number of anilines is 2. The molecule has 10 nitrogen and oxygen atoms in total. The first-order valence-electron chi connectivity index (χ1n) is 8.07. The lowest BCUT2D eigenvalue weighted by Crippen LogP contribution is -2.18. The molecule has 0 radical (unpaired) electrons. The van der Waals surface area contributed by atoms with E-state index in [1.54, 1.807) is 9.36 Å². The smallest absolute Gasteiger partial charge is 0.247 e. The van der Waals surface area contributed by atoms with Crippen LogP contribution in [0.15, 0.2) is 60.7 Å². The van der Waals surface area contributed by atoms with Gasteiger partial charge in [-0.05, 0) is 45.1 Å². The van der Waals surface area contributed by atoms with Crippen LogP contribution in [0.25, 0.3) is 11.4 Å². The maximum atomic E-state index is 4.01. The summed E-state index contributed by atoms with van der Waals surface area (Å²) in [5.41, 5.74) is 1.78. The van der Waals surface area contributed by atoms with Crippen LogP contribution in [-0.2, 0) is 0 Å². The highest BCUT2D eigenvalue weighted by Crippen LogP contribution is 2.11. The van der Waals surface area contributed by atoms with Crippen LogP contribution >= 0.6 is 0 Å². The van der Waals surface area contributed by atoms with Gasteiger partial charge < -0.3 is 10.6 Å². The predicted octanol–water partition coefficient (Wildman–Crippen LogP) is 1.16. The number of hydrogen-bond acceptors (Lipinski definition) is 8. The Labute approximate surface area is 148 Å². The van der Waals surface area contributed by atoms with Gasteiger partial charge in [-0.25, -0.2) is 0 Å². The molecular weight excluding hydrogens is 332 g/mol. The van der Waals surface area contributed by atoms with E-state index in [0.717, 1.165) is 11.4 Å². The van der Waals surface area contributed by atoms with Crippen LogP contribution in [0.4, 0.5) is 11.9 Å². The van der Waals surface area contributed by atoms with Gasteiger partial charge in [0.05, 0.1) is 11.4 Å². The van der Waals surface area contributed by atoms with E-state index >= 15 is 0 Å². The Morgan fingerprint density at radius 3 is 1.46 bits per heavy atom. The lowest BCUT2D eigenvalue weighted by Gasteiger charge is -2.09. The Bertz CT molecular complexity index is 868. The van der Waals surface area contributed by atoms with Crippen LogP contribution < -0.4 is 10.6 Å². The van der Waals surface area contributed by atoms with Gasteiger partial charge in [0, 0.05) is 13.1 Å². The monoisotopic (exact) mass is 348 g/mol. The molecule has 2 N–H and O–H groups in total. The molecule has 0 aliphatic heterocycles. The fraction of sp³-hybridized carbons (Fsp3) is 0.125. The minimum atomic E-state index is 0.570. The molecule has 0 saturated heterocycles. The first-order chi connectivity index (χ1) is 12.9. The van der Waals surface area contributed by atoms with Gasteiger partial charge >= 0.3 is 0 Å². The van der Waals surface area contributed by atoms with Gasteiger partial charge in [-0.15, -0.1) is 0 Å². The summed E-state index contributed by atoms with van der Waals surface area (Å²) in [6.07, 6.45) is 0. The molecule has 130 valence electrons. The zero-order valence-corrected chi connectivity index (χ0v) is 13.8. The topological polar surface area (TPSA) is 111 Å². The summed E-state index contributed by atoms with van der Waals surface area (Å²) in [6, 6.07) is 19.4. The van der Waals surface area contributed by atoms with E-state index in [0.29, 0.717) is 25.0 Å².